The largest absolute Gasteiger partial charge is 0.434 e. The molecule has 4 aromatic rings. The van der Waals surface area contributed by atoms with Gasteiger partial charge in [0, 0.05) is 49.1 Å². The van der Waals surface area contributed by atoms with E-state index in [0.717, 1.165) is 17.7 Å². The quantitative estimate of drug-likeness (QED) is 0.469. The Balaban J connectivity index is 1.21. The van der Waals surface area contributed by atoms with Crippen molar-refractivity contribution in [1.82, 2.24) is 19.7 Å². The van der Waals surface area contributed by atoms with Gasteiger partial charge in [0.25, 0.3) is 5.56 Å². The van der Waals surface area contributed by atoms with Crippen LogP contribution >= 0.6 is 0 Å². The number of piperidine rings is 1. The second kappa shape index (κ2) is 9.46. The number of nitrogens with zero attached hydrogens (tertiary/aromatic N) is 5. The molecule has 0 bridgehead atoms. The summed E-state index contributed by atoms with van der Waals surface area (Å²) in [6.07, 6.45) is 5.69. The monoisotopic (exact) mass is 458 g/mol. The summed E-state index contributed by atoms with van der Waals surface area (Å²) in [7, 11) is 0. The molecule has 34 heavy (non-hydrogen) atoms. The molecule has 9 heteroatoms. The minimum atomic E-state index is -0.0955. The van der Waals surface area contributed by atoms with E-state index in [2.05, 4.69) is 25.3 Å². The standard InChI is InChI=1S/C25H26N6O3/c1-2-11-31-22(32)15-20(16-27-31)30-12-8-17(9-13-30)24(33)28-19-6-3-5-18(14-19)25-29-23-21(34-25)7-4-10-26-23/h3-7,10,14-17H,2,8-9,11-13H2,1H3,(H,28,33). The first-order valence-corrected chi connectivity index (χ1v) is 11.6. The average Bonchev–Trinajstić information content (AvgIpc) is 3.30. The molecule has 5 rings (SSSR count). The first-order chi connectivity index (χ1) is 16.6. The number of carbonyl (C=O) groups excluding carboxylic acids is 1. The Morgan fingerprint density at radius 3 is 2.79 bits per heavy atom. The second-order valence-electron chi connectivity index (χ2n) is 8.45. The molecule has 1 saturated heterocycles. The maximum absolute atomic E-state index is 12.9. The number of aryl methyl sites for hydroxylation is 1. The van der Waals surface area contributed by atoms with E-state index in [1.807, 2.05) is 37.3 Å². The number of pyridine rings is 1. The van der Waals surface area contributed by atoms with Gasteiger partial charge in [-0.15, -0.1) is 0 Å². The Hall–Kier alpha value is -4.01. The Morgan fingerprint density at radius 1 is 1.18 bits per heavy atom. The zero-order valence-corrected chi connectivity index (χ0v) is 19.0. The number of carbonyl (C=O) groups is 1. The Kier molecular flexibility index (Phi) is 6.07. The maximum atomic E-state index is 12.9. The van der Waals surface area contributed by atoms with Crippen molar-refractivity contribution < 1.29 is 9.21 Å². The first kappa shape index (κ1) is 21.8. The SMILES string of the molecule is CCCn1ncc(N2CCC(C(=O)Nc3cccc(-c4nc5ncccc5o4)c3)CC2)cc1=O. The molecule has 174 valence electrons. The highest BCUT2D eigenvalue weighted by atomic mass is 16.3. The summed E-state index contributed by atoms with van der Waals surface area (Å²) in [4.78, 5) is 35.9. The fourth-order valence-corrected chi connectivity index (χ4v) is 4.24. The van der Waals surface area contributed by atoms with Crippen molar-refractivity contribution >= 4 is 28.5 Å². The van der Waals surface area contributed by atoms with E-state index in [1.165, 1.54) is 4.68 Å². The molecular formula is C25H26N6O3. The van der Waals surface area contributed by atoms with Crippen molar-refractivity contribution in [1.29, 1.82) is 0 Å². The van der Waals surface area contributed by atoms with E-state index in [-0.39, 0.29) is 17.4 Å². The van der Waals surface area contributed by atoms with E-state index in [4.69, 9.17) is 4.42 Å². The van der Waals surface area contributed by atoms with Gasteiger partial charge in [-0.1, -0.05) is 13.0 Å². The Bertz CT molecular complexity index is 1340. The summed E-state index contributed by atoms with van der Waals surface area (Å²) < 4.78 is 7.27. The number of amides is 1. The molecule has 0 aliphatic carbocycles. The molecule has 1 amide bonds. The van der Waals surface area contributed by atoms with Crippen LogP contribution in [0.25, 0.3) is 22.7 Å². The average molecular weight is 459 g/mol. The summed E-state index contributed by atoms with van der Waals surface area (Å²) in [6, 6.07) is 12.7. The van der Waals surface area contributed by atoms with Gasteiger partial charge in [0.1, 0.15) is 0 Å². The fraction of sp³-hybridized carbons (Fsp3) is 0.320. The molecule has 1 N–H and O–H groups in total. The van der Waals surface area contributed by atoms with Gasteiger partial charge in [0.05, 0.1) is 11.9 Å². The Morgan fingerprint density at radius 2 is 2.03 bits per heavy atom. The minimum Gasteiger partial charge on any atom is -0.434 e. The smallest absolute Gasteiger partial charge is 0.268 e. The lowest BCUT2D eigenvalue weighted by Gasteiger charge is -2.32. The van der Waals surface area contributed by atoms with E-state index in [9.17, 15) is 9.59 Å². The number of benzene rings is 1. The van der Waals surface area contributed by atoms with E-state index in [1.54, 1.807) is 24.5 Å². The molecule has 0 saturated carbocycles. The second-order valence-corrected chi connectivity index (χ2v) is 8.45. The molecule has 1 aliphatic rings. The lowest BCUT2D eigenvalue weighted by Crippen LogP contribution is -2.39. The van der Waals surface area contributed by atoms with Crippen LogP contribution in [0.2, 0.25) is 0 Å². The highest BCUT2D eigenvalue weighted by molar-refractivity contribution is 5.93. The van der Waals surface area contributed by atoms with Crippen LogP contribution in [0.4, 0.5) is 11.4 Å². The highest BCUT2D eigenvalue weighted by Gasteiger charge is 2.26. The number of rotatable bonds is 6. The molecule has 3 aromatic heterocycles. The normalized spacial score (nSPS) is 14.4. The van der Waals surface area contributed by atoms with Crippen LogP contribution in [0.5, 0.6) is 0 Å². The number of fused-ring (bicyclic) bond motifs is 1. The predicted octanol–water partition coefficient (Wildman–Crippen LogP) is 3.71. The molecule has 1 fully saturated rings. The zero-order chi connectivity index (χ0) is 23.5. The van der Waals surface area contributed by atoms with Crippen LogP contribution in [0.3, 0.4) is 0 Å². The van der Waals surface area contributed by atoms with Crippen molar-refractivity contribution in [2.45, 2.75) is 32.7 Å². The summed E-state index contributed by atoms with van der Waals surface area (Å²) in [5, 5.41) is 7.30. The van der Waals surface area contributed by atoms with E-state index in [0.29, 0.717) is 55.3 Å². The van der Waals surface area contributed by atoms with Gasteiger partial charge in [-0.3, -0.25) is 9.59 Å². The van der Waals surface area contributed by atoms with Gasteiger partial charge in [-0.2, -0.15) is 10.1 Å². The molecule has 1 aliphatic heterocycles. The summed E-state index contributed by atoms with van der Waals surface area (Å²) in [5.74, 6) is 0.363. The van der Waals surface area contributed by atoms with Crippen molar-refractivity contribution in [2.75, 3.05) is 23.3 Å². The third-order valence-corrected chi connectivity index (χ3v) is 6.06. The summed E-state index contributed by atoms with van der Waals surface area (Å²) in [5.41, 5.74) is 3.37. The van der Waals surface area contributed by atoms with Crippen LogP contribution in [-0.4, -0.2) is 38.7 Å². The number of hydrogen-bond acceptors (Lipinski definition) is 7. The van der Waals surface area contributed by atoms with Crippen molar-refractivity contribution in [3.05, 3.63) is 65.2 Å². The predicted molar refractivity (Wildman–Crippen MR) is 130 cm³/mol. The van der Waals surface area contributed by atoms with Gasteiger partial charge >= 0.3 is 0 Å². The Labute approximate surface area is 196 Å². The minimum absolute atomic E-state index is 0.00693. The third kappa shape index (κ3) is 4.54. The summed E-state index contributed by atoms with van der Waals surface area (Å²) in [6.45, 7) is 4.03. The van der Waals surface area contributed by atoms with Crippen molar-refractivity contribution in [3.63, 3.8) is 0 Å². The molecule has 0 atom stereocenters. The van der Waals surface area contributed by atoms with Crippen LogP contribution < -0.4 is 15.8 Å². The number of aromatic nitrogens is 4. The van der Waals surface area contributed by atoms with Crippen LogP contribution in [0.1, 0.15) is 26.2 Å². The van der Waals surface area contributed by atoms with Crippen LogP contribution in [-0.2, 0) is 11.3 Å². The number of hydrogen-bond donors (Lipinski definition) is 1. The lowest BCUT2D eigenvalue weighted by molar-refractivity contribution is -0.120. The topological polar surface area (TPSA) is 106 Å². The van der Waals surface area contributed by atoms with Crippen LogP contribution in [0.15, 0.2) is 64.1 Å². The number of anilines is 2. The van der Waals surface area contributed by atoms with Crippen molar-refractivity contribution in [3.8, 4) is 11.5 Å². The number of oxazole rings is 1. The molecule has 9 nitrogen and oxygen atoms in total. The van der Waals surface area contributed by atoms with Gasteiger partial charge in [-0.25, -0.2) is 9.67 Å². The molecule has 0 unspecified atom stereocenters. The first-order valence-electron chi connectivity index (χ1n) is 11.6. The highest BCUT2D eigenvalue weighted by Crippen LogP contribution is 2.27. The van der Waals surface area contributed by atoms with Gasteiger partial charge in [-0.05, 0) is 49.6 Å². The van der Waals surface area contributed by atoms with Crippen molar-refractivity contribution in [2.24, 2.45) is 5.92 Å². The molecule has 4 heterocycles. The maximum Gasteiger partial charge on any atom is 0.268 e. The van der Waals surface area contributed by atoms with Gasteiger partial charge in [0.2, 0.25) is 11.8 Å². The lowest BCUT2D eigenvalue weighted by atomic mass is 9.95. The van der Waals surface area contributed by atoms with Gasteiger partial charge < -0.3 is 14.6 Å². The fourth-order valence-electron chi connectivity index (χ4n) is 4.24. The molecule has 1 aromatic carbocycles. The molecule has 0 spiro atoms. The van der Waals surface area contributed by atoms with E-state index >= 15 is 0 Å². The zero-order valence-electron chi connectivity index (χ0n) is 19.0. The summed E-state index contributed by atoms with van der Waals surface area (Å²) >= 11 is 0. The molecular weight excluding hydrogens is 432 g/mol. The van der Waals surface area contributed by atoms with Crippen LogP contribution in [0, 0.1) is 5.92 Å². The number of nitrogens with one attached hydrogen (secondary N) is 1. The van der Waals surface area contributed by atoms with E-state index < -0.39 is 0 Å². The third-order valence-electron chi connectivity index (χ3n) is 6.06. The van der Waals surface area contributed by atoms with Gasteiger partial charge in [0.15, 0.2) is 11.2 Å². The molecule has 0 radical (unpaired) electrons.